The molecule has 0 bridgehead atoms. The fraction of sp³-hybridized carbons (Fsp3) is 0.611. The quantitative estimate of drug-likeness (QED) is 0.769. The number of hydrogen-bond acceptors (Lipinski definition) is 4. The van der Waals surface area contributed by atoms with E-state index in [0.717, 1.165) is 5.69 Å². The first kappa shape index (κ1) is 17.7. The summed E-state index contributed by atoms with van der Waals surface area (Å²) in [5, 5.41) is 1.81. The molecule has 0 unspecified atom stereocenters. The Hall–Kier alpha value is -1.62. The minimum absolute atomic E-state index is 0.170. The van der Waals surface area contributed by atoms with Gasteiger partial charge in [-0.15, -0.1) is 0 Å². The molecule has 2 rings (SSSR count). The Labute approximate surface area is 137 Å². The summed E-state index contributed by atoms with van der Waals surface area (Å²) >= 11 is 0. The van der Waals surface area contributed by atoms with E-state index in [1.54, 1.807) is 26.0 Å². The third-order valence-electron chi connectivity index (χ3n) is 4.75. The highest BCUT2D eigenvalue weighted by molar-refractivity contribution is 5.69. The topological polar surface area (TPSA) is 38.8 Å². The van der Waals surface area contributed by atoms with E-state index in [2.05, 4.69) is 13.8 Å². The third kappa shape index (κ3) is 3.20. The largest absolute Gasteiger partial charge is 0.466 e. The van der Waals surface area contributed by atoms with E-state index in [4.69, 9.17) is 9.57 Å². The number of halogens is 1. The fourth-order valence-electron chi connectivity index (χ4n) is 2.63. The van der Waals surface area contributed by atoms with Gasteiger partial charge in [0.25, 0.3) is 0 Å². The van der Waals surface area contributed by atoms with Crippen molar-refractivity contribution in [3.05, 3.63) is 29.1 Å². The van der Waals surface area contributed by atoms with E-state index in [0.29, 0.717) is 24.2 Å². The molecular weight excluding hydrogens is 297 g/mol. The number of rotatable bonds is 5. The molecular formula is C18H26FNO3. The summed E-state index contributed by atoms with van der Waals surface area (Å²) in [6, 6.07) is 3.54. The van der Waals surface area contributed by atoms with E-state index in [1.165, 1.54) is 0 Å². The molecule has 1 aliphatic rings. The van der Waals surface area contributed by atoms with Crippen molar-refractivity contribution in [2.45, 2.75) is 65.5 Å². The molecule has 1 heterocycles. The van der Waals surface area contributed by atoms with Crippen molar-refractivity contribution in [2.75, 3.05) is 11.7 Å². The number of nitrogens with zero attached hydrogens (tertiary/aromatic N) is 1. The first-order chi connectivity index (χ1) is 10.6. The van der Waals surface area contributed by atoms with Crippen LogP contribution in [0.1, 0.15) is 52.2 Å². The van der Waals surface area contributed by atoms with Gasteiger partial charge in [-0.2, -0.15) is 0 Å². The molecule has 5 heteroatoms. The lowest BCUT2D eigenvalue weighted by atomic mass is 9.81. The average Bonchev–Trinajstić information content (AvgIpc) is 2.46. The van der Waals surface area contributed by atoms with Gasteiger partial charge in [-0.3, -0.25) is 9.63 Å². The first-order valence-corrected chi connectivity index (χ1v) is 8.04. The number of hydroxylamine groups is 1. The van der Waals surface area contributed by atoms with E-state index >= 15 is 0 Å². The highest BCUT2D eigenvalue weighted by atomic mass is 19.1. The van der Waals surface area contributed by atoms with Gasteiger partial charge in [0.05, 0.1) is 17.8 Å². The van der Waals surface area contributed by atoms with Crippen LogP contribution in [0.25, 0.3) is 0 Å². The zero-order valence-corrected chi connectivity index (χ0v) is 14.8. The molecule has 0 spiro atoms. The maximum Gasteiger partial charge on any atom is 0.306 e. The van der Waals surface area contributed by atoms with Crippen LogP contribution in [-0.4, -0.2) is 23.7 Å². The van der Waals surface area contributed by atoms with Gasteiger partial charge in [-0.1, -0.05) is 0 Å². The van der Waals surface area contributed by atoms with Crippen LogP contribution in [0.4, 0.5) is 10.1 Å². The summed E-state index contributed by atoms with van der Waals surface area (Å²) in [6.45, 7) is 12.1. The van der Waals surface area contributed by atoms with Gasteiger partial charge in [-0.05, 0) is 71.2 Å². The minimum atomic E-state index is -0.309. The van der Waals surface area contributed by atoms with Gasteiger partial charge in [0.1, 0.15) is 11.4 Å². The normalized spacial score (nSPS) is 18.5. The number of aryl methyl sites for hydroxylation is 2. The zero-order valence-electron chi connectivity index (χ0n) is 14.8. The summed E-state index contributed by atoms with van der Waals surface area (Å²) < 4.78 is 19.2. The molecule has 4 nitrogen and oxygen atoms in total. The van der Waals surface area contributed by atoms with Crippen LogP contribution in [-0.2, 0) is 20.8 Å². The van der Waals surface area contributed by atoms with Crippen molar-refractivity contribution < 1.29 is 18.8 Å². The zero-order chi connectivity index (χ0) is 17.4. The van der Waals surface area contributed by atoms with Gasteiger partial charge in [-0.25, -0.2) is 9.45 Å². The van der Waals surface area contributed by atoms with Gasteiger partial charge in [0.15, 0.2) is 0 Å². The van der Waals surface area contributed by atoms with Crippen LogP contribution in [0.5, 0.6) is 0 Å². The van der Waals surface area contributed by atoms with E-state index < -0.39 is 0 Å². The predicted octanol–water partition coefficient (Wildman–Crippen LogP) is 3.94. The van der Waals surface area contributed by atoms with Crippen LogP contribution in [0.2, 0.25) is 0 Å². The number of carbonyl (C=O) groups excluding carboxylic acids is 1. The number of benzene rings is 1. The van der Waals surface area contributed by atoms with Crippen LogP contribution in [0.3, 0.4) is 0 Å². The molecule has 23 heavy (non-hydrogen) atoms. The second kappa shape index (κ2) is 6.11. The maximum absolute atomic E-state index is 14.3. The van der Waals surface area contributed by atoms with Crippen molar-refractivity contribution in [3.63, 3.8) is 0 Å². The lowest BCUT2D eigenvalue weighted by molar-refractivity contribution is -0.208. The molecule has 1 aromatic carbocycles. The summed E-state index contributed by atoms with van der Waals surface area (Å²) in [5.74, 6) is -0.577. The second-order valence-corrected chi connectivity index (χ2v) is 7.00. The molecule has 0 aliphatic carbocycles. The first-order valence-electron chi connectivity index (χ1n) is 8.04. The molecule has 1 saturated heterocycles. The maximum atomic E-state index is 14.3. The van der Waals surface area contributed by atoms with Crippen molar-refractivity contribution in [3.8, 4) is 0 Å². The molecule has 1 aliphatic heterocycles. The van der Waals surface area contributed by atoms with Crippen LogP contribution >= 0.6 is 0 Å². The highest BCUT2D eigenvalue weighted by Gasteiger charge is 2.55. The molecule has 128 valence electrons. The predicted molar refractivity (Wildman–Crippen MR) is 87.8 cm³/mol. The molecule has 0 N–H and O–H groups in total. The molecule has 0 atom stereocenters. The SMILES string of the molecule is CCOC(=O)CCc1cc(N2OC(C)(C)C2(C)C)cc(C)c1F. The summed E-state index contributed by atoms with van der Waals surface area (Å²) in [5.41, 5.74) is 1.39. The van der Waals surface area contributed by atoms with E-state index in [1.807, 2.05) is 18.9 Å². The molecule has 0 amide bonds. The van der Waals surface area contributed by atoms with Gasteiger partial charge in [0, 0.05) is 6.42 Å². The Bertz CT molecular complexity index is 611. The highest BCUT2D eigenvalue weighted by Crippen LogP contribution is 2.46. The second-order valence-electron chi connectivity index (χ2n) is 7.00. The standard InChI is InChI=1S/C18H26FNO3/c1-7-22-15(21)9-8-13-11-14(10-12(2)16(13)19)20-17(3,4)18(5,6)23-20/h10-11H,7-9H2,1-6H3. The Morgan fingerprint density at radius 2 is 1.96 bits per heavy atom. The van der Waals surface area contributed by atoms with Crippen LogP contribution < -0.4 is 5.06 Å². The monoisotopic (exact) mass is 323 g/mol. The Balaban J connectivity index is 2.22. The number of esters is 1. The van der Waals surface area contributed by atoms with E-state index in [9.17, 15) is 9.18 Å². The summed E-state index contributed by atoms with van der Waals surface area (Å²) in [4.78, 5) is 17.4. The number of ether oxygens (including phenoxy) is 1. The Morgan fingerprint density at radius 1 is 1.30 bits per heavy atom. The average molecular weight is 323 g/mol. The lowest BCUT2D eigenvalue weighted by Crippen LogP contribution is -2.72. The van der Waals surface area contributed by atoms with Gasteiger partial charge >= 0.3 is 5.97 Å². The Morgan fingerprint density at radius 3 is 2.48 bits per heavy atom. The van der Waals surface area contributed by atoms with Crippen molar-refractivity contribution in [1.29, 1.82) is 0 Å². The third-order valence-corrected chi connectivity index (χ3v) is 4.75. The number of anilines is 1. The van der Waals surface area contributed by atoms with Gasteiger partial charge < -0.3 is 4.74 Å². The molecule has 0 saturated carbocycles. The fourth-order valence-corrected chi connectivity index (χ4v) is 2.63. The summed E-state index contributed by atoms with van der Waals surface area (Å²) in [6.07, 6.45) is 0.487. The van der Waals surface area contributed by atoms with Crippen LogP contribution in [0, 0.1) is 12.7 Å². The molecule has 0 aromatic heterocycles. The Kier molecular flexibility index (Phi) is 4.71. The summed E-state index contributed by atoms with van der Waals surface area (Å²) in [7, 11) is 0. The van der Waals surface area contributed by atoms with E-state index in [-0.39, 0.29) is 29.3 Å². The lowest BCUT2D eigenvalue weighted by Gasteiger charge is -2.60. The van der Waals surface area contributed by atoms with Gasteiger partial charge in [0.2, 0.25) is 0 Å². The van der Waals surface area contributed by atoms with Crippen molar-refractivity contribution in [1.82, 2.24) is 0 Å². The number of hydrogen-bond donors (Lipinski definition) is 0. The smallest absolute Gasteiger partial charge is 0.306 e. The van der Waals surface area contributed by atoms with Crippen molar-refractivity contribution >= 4 is 11.7 Å². The number of carbonyl (C=O) groups is 1. The molecule has 0 radical (unpaired) electrons. The molecule has 1 aromatic rings. The minimum Gasteiger partial charge on any atom is -0.466 e. The van der Waals surface area contributed by atoms with Crippen molar-refractivity contribution in [2.24, 2.45) is 0 Å². The van der Waals surface area contributed by atoms with Crippen LogP contribution in [0.15, 0.2) is 12.1 Å². The molecule has 1 fully saturated rings.